The first-order chi connectivity index (χ1) is 18.1. The zero-order valence-corrected chi connectivity index (χ0v) is 21.7. The topological polar surface area (TPSA) is 117 Å². The maximum atomic E-state index is 13.5. The number of hydrogen-bond donors (Lipinski definition) is 2. The number of alkyl halides is 2. The van der Waals surface area contributed by atoms with Gasteiger partial charge in [-0.15, -0.1) is 0 Å². The summed E-state index contributed by atoms with van der Waals surface area (Å²) in [5.74, 6) is -4.02. The molecule has 2 amide bonds. The van der Waals surface area contributed by atoms with Crippen molar-refractivity contribution >= 4 is 49.9 Å². The average Bonchev–Trinajstić information content (AvgIpc) is 2.88. The first-order valence-corrected chi connectivity index (χ1v) is 13.0. The Labute approximate surface area is 224 Å². The van der Waals surface area contributed by atoms with Gasteiger partial charge in [0.1, 0.15) is 5.69 Å². The van der Waals surface area contributed by atoms with Crippen LogP contribution >= 0.6 is 15.9 Å². The van der Waals surface area contributed by atoms with Gasteiger partial charge in [-0.3, -0.25) is 24.7 Å². The van der Waals surface area contributed by atoms with Crippen LogP contribution in [0.15, 0.2) is 53.3 Å². The largest absolute Gasteiger partial charge is 0.374 e. The monoisotopic (exact) mass is 587 g/mol. The molecular formula is C26H24BrF2N5O4. The van der Waals surface area contributed by atoms with E-state index in [4.69, 9.17) is 0 Å². The number of rotatable bonds is 6. The predicted octanol–water partition coefficient (Wildman–Crippen LogP) is 5.15. The van der Waals surface area contributed by atoms with Crippen LogP contribution in [0, 0.1) is 10.1 Å². The molecule has 2 aromatic carbocycles. The Kier molecular flexibility index (Phi) is 6.99. The van der Waals surface area contributed by atoms with E-state index in [0.29, 0.717) is 18.4 Å². The number of likely N-dealkylation sites (tertiary alicyclic amines) is 1. The fraction of sp³-hybridized carbons (Fsp3) is 0.346. The number of pyridine rings is 1. The van der Waals surface area contributed by atoms with Gasteiger partial charge in [-0.05, 0) is 24.3 Å². The van der Waals surface area contributed by atoms with Gasteiger partial charge in [-0.1, -0.05) is 53.0 Å². The van der Waals surface area contributed by atoms with Crippen LogP contribution in [0.4, 0.5) is 20.2 Å². The van der Waals surface area contributed by atoms with Gasteiger partial charge in [0, 0.05) is 40.4 Å². The highest BCUT2D eigenvalue weighted by molar-refractivity contribution is 9.10. The average molecular weight is 588 g/mol. The van der Waals surface area contributed by atoms with Crippen LogP contribution in [-0.4, -0.2) is 57.7 Å². The summed E-state index contributed by atoms with van der Waals surface area (Å²) in [6, 6.07) is 9.24. The molecule has 2 heterocycles. The summed E-state index contributed by atoms with van der Waals surface area (Å²) in [6.45, 7) is -1.49. The number of carbonyl (C=O) groups excluding carboxylic acids is 2. The number of hydrogen-bond acceptors (Lipinski definition) is 6. The van der Waals surface area contributed by atoms with E-state index in [9.17, 15) is 28.5 Å². The number of amides is 2. The van der Waals surface area contributed by atoms with Crippen molar-refractivity contribution in [2.24, 2.45) is 0 Å². The van der Waals surface area contributed by atoms with Crippen LogP contribution in [0.25, 0.3) is 10.8 Å². The summed E-state index contributed by atoms with van der Waals surface area (Å²) < 4.78 is 27.2. The van der Waals surface area contributed by atoms with Gasteiger partial charge in [-0.25, -0.2) is 8.78 Å². The Balaban J connectivity index is 1.44. The molecule has 1 aromatic heterocycles. The lowest BCUT2D eigenvalue weighted by Crippen LogP contribution is -2.58. The molecule has 1 saturated heterocycles. The normalized spacial score (nSPS) is 20.4. The van der Waals surface area contributed by atoms with E-state index in [1.165, 1.54) is 18.3 Å². The number of halogens is 3. The molecular weight excluding hydrogens is 564 g/mol. The maximum Gasteiger partial charge on any atom is 0.294 e. The number of nitro benzene ring substituents is 1. The minimum atomic E-state index is -2.98. The molecule has 3 aromatic rings. The third-order valence-electron chi connectivity index (χ3n) is 6.97. The smallest absolute Gasteiger partial charge is 0.294 e. The van der Waals surface area contributed by atoms with E-state index >= 15 is 0 Å². The standard InChI is InChI=1S/C26H24BrF2N5O4/c27-16-9-18(25(36)33-13-26(28,29)14-33)23(22(10-16)34(37)38)31-20-7-3-4-8-21(20)32-24(35)19-12-30-11-15-5-1-2-6-17(15)19/h1-2,5-6,9-12,20-21,31H,3-4,7-8,13-14H2,(H,32,35)/t20-,21+/m1/s1. The number of aromatic nitrogens is 1. The molecule has 1 aliphatic heterocycles. The minimum absolute atomic E-state index is 0.0450. The van der Waals surface area contributed by atoms with E-state index in [1.807, 2.05) is 24.3 Å². The third-order valence-corrected chi connectivity index (χ3v) is 7.42. The summed E-state index contributed by atoms with van der Waals surface area (Å²) in [4.78, 5) is 42.9. The fourth-order valence-corrected chi connectivity index (χ4v) is 5.53. The van der Waals surface area contributed by atoms with Gasteiger partial charge in [-0.2, -0.15) is 0 Å². The summed E-state index contributed by atoms with van der Waals surface area (Å²) >= 11 is 3.20. The van der Waals surface area contributed by atoms with Crippen LogP contribution < -0.4 is 10.6 Å². The molecule has 0 bridgehead atoms. The van der Waals surface area contributed by atoms with E-state index in [1.54, 1.807) is 6.20 Å². The first-order valence-electron chi connectivity index (χ1n) is 12.2. The van der Waals surface area contributed by atoms with Crippen molar-refractivity contribution in [1.29, 1.82) is 0 Å². The van der Waals surface area contributed by atoms with Crippen molar-refractivity contribution in [3.05, 3.63) is 74.5 Å². The van der Waals surface area contributed by atoms with Crippen molar-refractivity contribution in [3.8, 4) is 0 Å². The van der Waals surface area contributed by atoms with Crippen LogP contribution in [0.2, 0.25) is 0 Å². The lowest BCUT2D eigenvalue weighted by molar-refractivity contribution is -0.384. The highest BCUT2D eigenvalue weighted by atomic mass is 79.9. The number of nitrogens with zero attached hydrogens (tertiary/aromatic N) is 3. The van der Waals surface area contributed by atoms with Crippen LogP contribution in [0.3, 0.4) is 0 Å². The first kappa shape index (κ1) is 26.0. The Hall–Kier alpha value is -3.67. The molecule has 12 heteroatoms. The van der Waals surface area contributed by atoms with Crippen molar-refractivity contribution < 1.29 is 23.3 Å². The lowest BCUT2D eigenvalue weighted by atomic mass is 9.89. The summed E-state index contributed by atoms with van der Waals surface area (Å²) in [5.41, 5.74) is -0.0626. The molecule has 198 valence electrons. The number of carbonyl (C=O) groups is 2. The van der Waals surface area contributed by atoms with Gasteiger partial charge in [0.15, 0.2) is 0 Å². The van der Waals surface area contributed by atoms with Gasteiger partial charge >= 0.3 is 0 Å². The predicted molar refractivity (Wildman–Crippen MR) is 141 cm³/mol. The molecule has 9 nitrogen and oxygen atoms in total. The van der Waals surface area contributed by atoms with Gasteiger partial charge in [0.2, 0.25) is 0 Å². The quantitative estimate of drug-likeness (QED) is 0.304. The molecule has 0 radical (unpaired) electrons. The third kappa shape index (κ3) is 5.17. The molecule has 0 spiro atoms. The molecule has 1 aliphatic carbocycles. The second-order valence-corrected chi connectivity index (χ2v) is 10.6. The van der Waals surface area contributed by atoms with Crippen molar-refractivity contribution in [2.45, 2.75) is 43.7 Å². The highest BCUT2D eigenvalue weighted by Crippen LogP contribution is 2.37. The second-order valence-electron chi connectivity index (χ2n) is 9.65. The van der Waals surface area contributed by atoms with E-state index in [-0.39, 0.29) is 27.3 Å². The van der Waals surface area contributed by atoms with Gasteiger partial charge in [0.25, 0.3) is 23.4 Å². The second kappa shape index (κ2) is 10.2. The number of benzene rings is 2. The highest BCUT2D eigenvalue weighted by Gasteiger charge is 2.47. The Morgan fingerprint density at radius 3 is 2.50 bits per heavy atom. The number of anilines is 1. The van der Waals surface area contributed by atoms with Crippen molar-refractivity contribution in [2.75, 3.05) is 18.4 Å². The molecule has 2 aliphatic rings. The fourth-order valence-electron chi connectivity index (χ4n) is 5.09. The van der Waals surface area contributed by atoms with E-state index in [2.05, 4.69) is 31.5 Å². The summed E-state index contributed by atoms with van der Waals surface area (Å²) in [6.07, 6.45) is 6.03. The maximum absolute atomic E-state index is 13.5. The zero-order valence-electron chi connectivity index (χ0n) is 20.1. The molecule has 2 atom stereocenters. The molecule has 0 unspecified atom stereocenters. The summed E-state index contributed by atoms with van der Waals surface area (Å²) in [7, 11) is 0. The Bertz CT molecular complexity index is 1420. The van der Waals surface area contributed by atoms with Crippen LogP contribution in [0.1, 0.15) is 46.4 Å². The van der Waals surface area contributed by atoms with Crippen molar-refractivity contribution in [3.63, 3.8) is 0 Å². The number of nitro groups is 1. The van der Waals surface area contributed by atoms with Crippen LogP contribution in [0.5, 0.6) is 0 Å². The molecule has 2 N–H and O–H groups in total. The summed E-state index contributed by atoms with van der Waals surface area (Å²) in [5, 5.41) is 19.7. The Morgan fingerprint density at radius 1 is 1.08 bits per heavy atom. The Morgan fingerprint density at radius 2 is 1.79 bits per heavy atom. The minimum Gasteiger partial charge on any atom is -0.374 e. The van der Waals surface area contributed by atoms with E-state index < -0.39 is 41.9 Å². The SMILES string of the molecule is O=C(N[C@H]1CCCC[C@H]1Nc1c(C(=O)N2CC(F)(F)C2)cc(Br)cc1[N+](=O)[O-])c1cncc2ccccc12. The molecule has 1 saturated carbocycles. The van der Waals surface area contributed by atoms with Gasteiger partial charge in [0.05, 0.1) is 29.1 Å². The molecule has 5 rings (SSSR count). The van der Waals surface area contributed by atoms with E-state index in [0.717, 1.165) is 28.5 Å². The molecule has 2 fully saturated rings. The number of nitrogens with one attached hydrogen (secondary N) is 2. The van der Waals surface area contributed by atoms with Gasteiger partial charge < -0.3 is 15.5 Å². The number of fused-ring (bicyclic) bond motifs is 1. The van der Waals surface area contributed by atoms with Crippen molar-refractivity contribution in [1.82, 2.24) is 15.2 Å². The lowest BCUT2D eigenvalue weighted by Gasteiger charge is -2.39. The molecule has 38 heavy (non-hydrogen) atoms. The van der Waals surface area contributed by atoms with Crippen LogP contribution in [-0.2, 0) is 0 Å². The zero-order chi connectivity index (χ0) is 27.0.